The van der Waals surface area contributed by atoms with Gasteiger partial charge < -0.3 is 10.5 Å². The highest BCUT2D eigenvalue weighted by atomic mass is 16.5. The molecule has 24 heavy (non-hydrogen) atoms. The Labute approximate surface area is 143 Å². The lowest BCUT2D eigenvalue weighted by Crippen LogP contribution is -2.19. The zero-order chi connectivity index (χ0) is 17.1. The predicted molar refractivity (Wildman–Crippen MR) is 99.9 cm³/mol. The zero-order valence-corrected chi connectivity index (χ0v) is 14.6. The first-order valence-electron chi connectivity index (χ1n) is 8.40. The van der Waals surface area contributed by atoms with E-state index in [-0.39, 0.29) is 6.04 Å². The number of nitrogens with two attached hydrogens (primary N) is 1. The van der Waals surface area contributed by atoms with Gasteiger partial charge in [-0.15, -0.1) is 0 Å². The van der Waals surface area contributed by atoms with E-state index in [4.69, 9.17) is 15.6 Å². The number of nitrogens with zero attached hydrogens (tertiary/aromatic N) is 2. The van der Waals surface area contributed by atoms with Gasteiger partial charge in [0.05, 0.1) is 18.8 Å². The Morgan fingerprint density at radius 3 is 2.67 bits per heavy atom. The van der Waals surface area contributed by atoms with Crippen molar-refractivity contribution in [3.63, 3.8) is 0 Å². The van der Waals surface area contributed by atoms with Crippen molar-refractivity contribution in [1.29, 1.82) is 0 Å². The molecule has 0 fully saturated rings. The van der Waals surface area contributed by atoms with E-state index in [1.807, 2.05) is 12.1 Å². The zero-order valence-electron chi connectivity index (χ0n) is 14.6. The van der Waals surface area contributed by atoms with Gasteiger partial charge in [-0.1, -0.05) is 24.3 Å². The standard InChI is InChI=1S/C20H25N3O/c1-14-8-9-17(12-15(14)2)23-19(13-16(22-23)10-11-21)18-6-4-5-7-20(18)24-3/h4-9,12,19H,10-11,13,21H2,1-3H3. The number of anilines is 1. The number of methoxy groups -OCH3 is 1. The minimum atomic E-state index is 0.143. The van der Waals surface area contributed by atoms with E-state index < -0.39 is 0 Å². The fourth-order valence-electron chi connectivity index (χ4n) is 3.18. The summed E-state index contributed by atoms with van der Waals surface area (Å²) in [5.41, 5.74) is 11.7. The monoisotopic (exact) mass is 323 g/mol. The molecule has 2 aromatic carbocycles. The molecule has 2 aromatic rings. The van der Waals surface area contributed by atoms with Gasteiger partial charge in [-0.25, -0.2) is 0 Å². The van der Waals surface area contributed by atoms with Crippen LogP contribution in [0.1, 0.15) is 35.6 Å². The molecular weight excluding hydrogens is 298 g/mol. The molecule has 4 heteroatoms. The molecule has 3 rings (SSSR count). The second-order valence-electron chi connectivity index (χ2n) is 6.28. The lowest BCUT2D eigenvalue weighted by molar-refractivity contribution is 0.405. The summed E-state index contributed by atoms with van der Waals surface area (Å²) >= 11 is 0. The maximum atomic E-state index is 5.75. The summed E-state index contributed by atoms with van der Waals surface area (Å²) in [6, 6.07) is 14.8. The van der Waals surface area contributed by atoms with Crippen LogP contribution in [0.2, 0.25) is 0 Å². The van der Waals surface area contributed by atoms with Gasteiger partial charge in [-0.05, 0) is 56.1 Å². The summed E-state index contributed by atoms with van der Waals surface area (Å²) in [6.45, 7) is 4.89. The van der Waals surface area contributed by atoms with E-state index in [0.29, 0.717) is 6.54 Å². The molecule has 0 amide bonds. The fraction of sp³-hybridized carbons (Fsp3) is 0.350. The van der Waals surface area contributed by atoms with Crippen molar-refractivity contribution < 1.29 is 4.74 Å². The van der Waals surface area contributed by atoms with E-state index >= 15 is 0 Å². The van der Waals surface area contributed by atoms with Crippen LogP contribution in [0.3, 0.4) is 0 Å². The van der Waals surface area contributed by atoms with E-state index in [2.05, 4.69) is 49.2 Å². The number of hydrogen-bond donors (Lipinski definition) is 1. The maximum Gasteiger partial charge on any atom is 0.124 e. The molecule has 1 heterocycles. The fourth-order valence-corrected chi connectivity index (χ4v) is 3.18. The van der Waals surface area contributed by atoms with Crippen molar-refractivity contribution in [3.8, 4) is 5.75 Å². The van der Waals surface area contributed by atoms with Crippen molar-refractivity contribution in [2.45, 2.75) is 32.7 Å². The van der Waals surface area contributed by atoms with Crippen LogP contribution < -0.4 is 15.5 Å². The van der Waals surface area contributed by atoms with Gasteiger partial charge in [-0.2, -0.15) is 5.10 Å². The molecule has 0 aromatic heterocycles. The molecule has 1 atom stereocenters. The Kier molecular flexibility index (Phi) is 4.86. The molecule has 1 unspecified atom stereocenters. The van der Waals surface area contributed by atoms with Gasteiger partial charge in [0, 0.05) is 17.7 Å². The second-order valence-corrected chi connectivity index (χ2v) is 6.28. The molecule has 0 aliphatic carbocycles. The van der Waals surface area contributed by atoms with Gasteiger partial charge in [-0.3, -0.25) is 5.01 Å². The van der Waals surface area contributed by atoms with E-state index in [1.54, 1.807) is 7.11 Å². The Balaban J connectivity index is 2.02. The number of para-hydroxylation sites is 1. The van der Waals surface area contributed by atoms with Crippen LogP contribution in [-0.2, 0) is 0 Å². The lowest BCUT2D eigenvalue weighted by atomic mass is 9.99. The van der Waals surface area contributed by atoms with Crippen LogP contribution in [0.5, 0.6) is 5.75 Å². The van der Waals surface area contributed by atoms with Gasteiger partial charge >= 0.3 is 0 Å². The molecule has 0 radical (unpaired) electrons. The topological polar surface area (TPSA) is 50.9 Å². The van der Waals surface area contributed by atoms with Crippen molar-refractivity contribution >= 4 is 11.4 Å². The second kappa shape index (κ2) is 7.05. The van der Waals surface area contributed by atoms with E-state index in [9.17, 15) is 0 Å². The normalized spacial score (nSPS) is 17.1. The summed E-state index contributed by atoms with van der Waals surface area (Å²) in [7, 11) is 1.72. The predicted octanol–water partition coefficient (Wildman–Crippen LogP) is 3.97. The summed E-state index contributed by atoms with van der Waals surface area (Å²) in [5.74, 6) is 0.903. The summed E-state index contributed by atoms with van der Waals surface area (Å²) in [5, 5.41) is 6.99. The summed E-state index contributed by atoms with van der Waals surface area (Å²) in [4.78, 5) is 0. The molecule has 0 spiro atoms. The molecule has 4 nitrogen and oxygen atoms in total. The van der Waals surface area contributed by atoms with Crippen LogP contribution in [0.15, 0.2) is 47.6 Å². The Morgan fingerprint density at radius 2 is 1.96 bits per heavy atom. The summed E-state index contributed by atoms with van der Waals surface area (Å²) in [6.07, 6.45) is 1.71. The first-order valence-corrected chi connectivity index (χ1v) is 8.40. The molecule has 0 saturated heterocycles. The smallest absolute Gasteiger partial charge is 0.124 e. The number of hydrogen-bond acceptors (Lipinski definition) is 4. The van der Waals surface area contributed by atoms with E-state index in [0.717, 1.165) is 35.6 Å². The number of hydrazone groups is 1. The minimum absolute atomic E-state index is 0.143. The van der Waals surface area contributed by atoms with Crippen molar-refractivity contribution in [2.24, 2.45) is 10.8 Å². The average Bonchev–Trinajstić information content (AvgIpc) is 3.01. The van der Waals surface area contributed by atoms with Crippen LogP contribution in [0, 0.1) is 13.8 Å². The van der Waals surface area contributed by atoms with Crippen LogP contribution in [0.25, 0.3) is 0 Å². The first-order chi connectivity index (χ1) is 11.6. The third kappa shape index (κ3) is 3.15. The molecule has 1 aliphatic rings. The number of aryl methyl sites for hydroxylation is 2. The maximum absolute atomic E-state index is 5.75. The minimum Gasteiger partial charge on any atom is -0.496 e. The van der Waals surface area contributed by atoms with Crippen LogP contribution in [0.4, 0.5) is 5.69 Å². The average molecular weight is 323 g/mol. The van der Waals surface area contributed by atoms with Crippen LogP contribution in [-0.4, -0.2) is 19.4 Å². The SMILES string of the molecule is COc1ccccc1C1CC(CCN)=NN1c1ccc(C)c(C)c1. The third-order valence-corrected chi connectivity index (χ3v) is 4.66. The van der Waals surface area contributed by atoms with Gasteiger partial charge in [0.1, 0.15) is 5.75 Å². The quantitative estimate of drug-likeness (QED) is 0.906. The van der Waals surface area contributed by atoms with Crippen molar-refractivity contribution in [3.05, 3.63) is 59.2 Å². The first kappa shape index (κ1) is 16.5. The summed E-state index contributed by atoms with van der Waals surface area (Å²) < 4.78 is 5.58. The van der Waals surface area contributed by atoms with Gasteiger partial charge in [0.25, 0.3) is 0 Å². The van der Waals surface area contributed by atoms with Crippen molar-refractivity contribution in [1.82, 2.24) is 0 Å². The largest absolute Gasteiger partial charge is 0.496 e. The highest BCUT2D eigenvalue weighted by Gasteiger charge is 2.30. The third-order valence-electron chi connectivity index (χ3n) is 4.66. The highest BCUT2D eigenvalue weighted by molar-refractivity contribution is 5.89. The number of rotatable bonds is 5. The van der Waals surface area contributed by atoms with Gasteiger partial charge in [0.2, 0.25) is 0 Å². The Bertz CT molecular complexity index is 754. The molecule has 0 saturated carbocycles. The van der Waals surface area contributed by atoms with E-state index in [1.165, 1.54) is 11.1 Å². The Hall–Kier alpha value is -2.33. The van der Waals surface area contributed by atoms with Gasteiger partial charge in [0.15, 0.2) is 0 Å². The van der Waals surface area contributed by atoms with Crippen molar-refractivity contribution in [2.75, 3.05) is 18.7 Å². The number of benzene rings is 2. The number of ether oxygens (including phenoxy) is 1. The molecule has 2 N–H and O–H groups in total. The van der Waals surface area contributed by atoms with Crippen LogP contribution >= 0.6 is 0 Å². The molecule has 0 bridgehead atoms. The molecule has 126 valence electrons. The molecular formula is C20H25N3O. The molecule has 1 aliphatic heterocycles. The Morgan fingerprint density at radius 1 is 1.17 bits per heavy atom. The highest BCUT2D eigenvalue weighted by Crippen LogP contribution is 2.39. The lowest BCUT2D eigenvalue weighted by Gasteiger charge is -2.26.